The van der Waals surface area contributed by atoms with Gasteiger partial charge < -0.3 is 29.1 Å². The topological polar surface area (TPSA) is 83.1 Å². The van der Waals surface area contributed by atoms with Crippen LogP contribution in [0.4, 0.5) is 4.79 Å². The van der Waals surface area contributed by atoms with E-state index in [1.807, 2.05) is 0 Å². The lowest BCUT2D eigenvalue weighted by Crippen LogP contribution is -2.35. The second-order valence-electron chi connectivity index (χ2n) is 6.06. The molecule has 0 heterocycles. The van der Waals surface area contributed by atoms with Crippen LogP contribution in [0, 0.1) is 0 Å². The van der Waals surface area contributed by atoms with Gasteiger partial charge in [-0.05, 0) is 38.5 Å². The molecular weight excluding hydrogens is 314 g/mol. The molecule has 0 unspecified atom stereocenters. The predicted molar refractivity (Wildman–Crippen MR) is 88.9 cm³/mol. The first kappa shape index (κ1) is 19.6. The summed E-state index contributed by atoms with van der Waals surface area (Å²) < 4.78 is 21.1. The summed E-state index contributed by atoms with van der Waals surface area (Å²) >= 11 is 0. The molecule has 0 aliphatic rings. The Morgan fingerprint density at radius 1 is 1.12 bits per heavy atom. The molecule has 1 rings (SSSR count). The molecule has 1 N–H and O–H groups in total. The average molecular weight is 339 g/mol. The quantitative estimate of drug-likeness (QED) is 0.769. The van der Waals surface area contributed by atoms with Crippen LogP contribution in [0.25, 0.3) is 0 Å². The van der Waals surface area contributed by atoms with Crippen LogP contribution in [0.1, 0.15) is 38.8 Å². The smallest absolute Gasteiger partial charge is 0.408 e. The van der Waals surface area contributed by atoms with Gasteiger partial charge in [0.15, 0.2) is 11.5 Å². The molecule has 1 aromatic carbocycles. The maximum absolute atomic E-state index is 12.0. The second kappa shape index (κ2) is 8.42. The van der Waals surface area contributed by atoms with Crippen molar-refractivity contribution in [2.45, 2.75) is 38.8 Å². The summed E-state index contributed by atoms with van der Waals surface area (Å²) in [6, 6.07) is 2.80. The van der Waals surface area contributed by atoms with E-state index in [9.17, 15) is 9.59 Å². The molecule has 0 aromatic heterocycles. The number of ether oxygens (including phenoxy) is 4. The van der Waals surface area contributed by atoms with Gasteiger partial charge in [0, 0.05) is 6.42 Å². The Morgan fingerprint density at radius 2 is 1.67 bits per heavy atom. The van der Waals surface area contributed by atoms with Crippen molar-refractivity contribution in [1.29, 1.82) is 0 Å². The van der Waals surface area contributed by atoms with Crippen LogP contribution in [0.3, 0.4) is 0 Å². The molecule has 0 bridgehead atoms. The van der Waals surface area contributed by atoms with Gasteiger partial charge >= 0.3 is 6.09 Å². The van der Waals surface area contributed by atoms with Gasteiger partial charge in [-0.1, -0.05) is 0 Å². The average Bonchev–Trinajstić information content (AvgIpc) is 2.51. The molecule has 7 heteroatoms. The molecule has 0 saturated heterocycles. The summed E-state index contributed by atoms with van der Waals surface area (Å²) in [5.41, 5.74) is 0.00734. The minimum atomic E-state index is -0.634. The third-order valence-electron chi connectivity index (χ3n) is 3.11. The van der Waals surface area contributed by atoms with Gasteiger partial charge in [0.25, 0.3) is 0 Å². The summed E-state index contributed by atoms with van der Waals surface area (Å²) in [6.45, 7) is 5.29. The summed E-state index contributed by atoms with van der Waals surface area (Å²) in [7, 11) is 4.50. The number of hydrogen-bond acceptors (Lipinski definition) is 6. The number of nitrogens with one attached hydrogen (secondary N) is 1. The molecule has 1 amide bonds. The molecule has 0 fully saturated rings. The van der Waals surface area contributed by atoms with Crippen molar-refractivity contribution >= 4 is 12.4 Å². The number of carbonyl (C=O) groups is 2. The van der Waals surface area contributed by atoms with E-state index in [1.54, 1.807) is 32.9 Å². The van der Waals surface area contributed by atoms with Crippen molar-refractivity contribution in [3.63, 3.8) is 0 Å². The van der Waals surface area contributed by atoms with E-state index in [0.717, 1.165) is 6.29 Å². The Morgan fingerprint density at radius 3 is 2.04 bits per heavy atom. The Labute approximate surface area is 142 Å². The molecule has 0 saturated carbocycles. The first-order chi connectivity index (χ1) is 11.3. The van der Waals surface area contributed by atoms with E-state index in [1.165, 1.54) is 21.3 Å². The lowest BCUT2D eigenvalue weighted by Gasteiger charge is -2.24. The van der Waals surface area contributed by atoms with Gasteiger partial charge in [-0.25, -0.2) is 4.79 Å². The first-order valence-electron chi connectivity index (χ1n) is 7.48. The fourth-order valence-corrected chi connectivity index (χ4v) is 2.13. The number of aldehydes is 1. The third kappa shape index (κ3) is 5.33. The standard InChI is InChI=1S/C17H25NO6/c1-17(2,3)24-16(20)18-12(7-8-19)11-9-13(21-4)15(23-6)14(10-11)22-5/h8-10,12H,7H2,1-6H3,(H,18,20)/t12-/m1/s1. The zero-order valence-corrected chi connectivity index (χ0v) is 15.0. The Balaban J connectivity index is 3.16. The van der Waals surface area contributed by atoms with Crippen molar-refractivity contribution < 1.29 is 28.5 Å². The fraction of sp³-hybridized carbons (Fsp3) is 0.529. The first-order valence-corrected chi connectivity index (χ1v) is 7.48. The molecule has 24 heavy (non-hydrogen) atoms. The molecular formula is C17H25NO6. The van der Waals surface area contributed by atoms with Crippen LogP contribution < -0.4 is 19.5 Å². The van der Waals surface area contributed by atoms with E-state index < -0.39 is 17.7 Å². The predicted octanol–water partition coefficient (Wildman–Crippen LogP) is 2.87. The highest BCUT2D eigenvalue weighted by Crippen LogP contribution is 2.40. The zero-order valence-electron chi connectivity index (χ0n) is 15.0. The van der Waals surface area contributed by atoms with Crippen LogP contribution in [0.15, 0.2) is 12.1 Å². The normalized spacial score (nSPS) is 12.1. The van der Waals surface area contributed by atoms with Gasteiger partial charge in [-0.15, -0.1) is 0 Å². The third-order valence-corrected chi connectivity index (χ3v) is 3.11. The molecule has 134 valence electrons. The van der Waals surface area contributed by atoms with Gasteiger partial charge in [0.1, 0.15) is 11.9 Å². The van der Waals surface area contributed by atoms with Gasteiger partial charge in [0.05, 0.1) is 27.4 Å². The van der Waals surface area contributed by atoms with E-state index in [-0.39, 0.29) is 6.42 Å². The SMILES string of the molecule is COc1cc([C@@H](CC=O)NC(=O)OC(C)(C)C)cc(OC)c1OC. The van der Waals surface area contributed by atoms with Gasteiger partial charge in [0.2, 0.25) is 5.75 Å². The highest BCUT2D eigenvalue weighted by Gasteiger charge is 2.23. The largest absolute Gasteiger partial charge is 0.493 e. The van der Waals surface area contributed by atoms with Crippen molar-refractivity contribution in [3.05, 3.63) is 17.7 Å². The van der Waals surface area contributed by atoms with E-state index >= 15 is 0 Å². The summed E-state index contributed by atoms with van der Waals surface area (Å²) in [5, 5.41) is 2.69. The number of amides is 1. The van der Waals surface area contributed by atoms with Gasteiger partial charge in [-0.2, -0.15) is 0 Å². The Bertz CT molecular complexity index is 554. The van der Waals surface area contributed by atoms with Crippen molar-refractivity contribution in [3.8, 4) is 17.2 Å². The molecule has 0 spiro atoms. The molecule has 1 aromatic rings. The Kier molecular flexibility index (Phi) is 6.88. The van der Waals surface area contributed by atoms with Crippen LogP contribution in [0.5, 0.6) is 17.2 Å². The zero-order chi connectivity index (χ0) is 18.3. The molecule has 0 aliphatic carbocycles. The summed E-state index contributed by atoms with van der Waals surface area (Å²) in [4.78, 5) is 23.0. The minimum absolute atomic E-state index is 0.0812. The van der Waals surface area contributed by atoms with Crippen molar-refractivity contribution in [2.24, 2.45) is 0 Å². The van der Waals surface area contributed by atoms with Crippen LogP contribution >= 0.6 is 0 Å². The number of rotatable bonds is 7. The van der Waals surface area contributed by atoms with Crippen molar-refractivity contribution in [1.82, 2.24) is 5.32 Å². The highest BCUT2D eigenvalue weighted by molar-refractivity contribution is 5.69. The van der Waals surface area contributed by atoms with Crippen molar-refractivity contribution in [2.75, 3.05) is 21.3 Å². The molecule has 0 aliphatic heterocycles. The van der Waals surface area contributed by atoms with Crippen LogP contribution in [0.2, 0.25) is 0 Å². The monoisotopic (exact) mass is 339 g/mol. The summed E-state index contributed by atoms with van der Waals surface area (Å²) in [6.07, 6.45) is 0.200. The lowest BCUT2D eigenvalue weighted by molar-refractivity contribution is -0.108. The number of alkyl carbamates (subject to hydrolysis) is 1. The fourth-order valence-electron chi connectivity index (χ4n) is 2.13. The van der Waals surface area contributed by atoms with E-state index in [2.05, 4.69) is 5.32 Å². The summed E-state index contributed by atoms with van der Waals surface area (Å²) in [5.74, 6) is 1.31. The van der Waals surface area contributed by atoms with E-state index in [0.29, 0.717) is 22.8 Å². The lowest BCUT2D eigenvalue weighted by atomic mass is 10.0. The molecule has 1 atom stereocenters. The highest BCUT2D eigenvalue weighted by atomic mass is 16.6. The number of methoxy groups -OCH3 is 3. The maximum Gasteiger partial charge on any atom is 0.408 e. The molecule has 7 nitrogen and oxygen atoms in total. The number of benzene rings is 1. The molecule has 0 radical (unpaired) electrons. The second-order valence-corrected chi connectivity index (χ2v) is 6.06. The van der Waals surface area contributed by atoms with Crippen LogP contribution in [-0.4, -0.2) is 39.3 Å². The van der Waals surface area contributed by atoms with Gasteiger partial charge in [-0.3, -0.25) is 0 Å². The Hall–Kier alpha value is -2.44. The minimum Gasteiger partial charge on any atom is -0.493 e. The maximum atomic E-state index is 12.0. The van der Waals surface area contributed by atoms with Crippen LogP contribution in [-0.2, 0) is 9.53 Å². The number of hydrogen-bond donors (Lipinski definition) is 1. The van der Waals surface area contributed by atoms with E-state index in [4.69, 9.17) is 18.9 Å². The number of carbonyl (C=O) groups excluding carboxylic acids is 2.